The highest BCUT2D eigenvalue weighted by molar-refractivity contribution is 5.46. The number of rotatable bonds is 4. The average Bonchev–Trinajstić information content (AvgIpc) is 2.45. The molecule has 0 aliphatic heterocycles. The summed E-state index contributed by atoms with van der Waals surface area (Å²) in [5, 5.41) is 3.85. The summed E-state index contributed by atoms with van der Waals surface area (Å²) < 4.78 is 0. The Morgan fingerprint density at radius 1 is 1.00 bits per heavy atom. The van der Waals surface area contributed by atoms with Gasteiger partial charge in [-0.15, -0.1) is 0 Å². The highest BCUT2D eigenvalue weighted by atomic mass is 14.9. The van der Waals surface area contributed by atoms with Crippen LogP contribution in [0.2, 0.25) is 0 Å². The van der Waals surface area contributed by atoms with Crippen LogP contribution >= 0.6 is 0 Å². The normalized spacial score (nSPS) is 19.5. The van der Waals surface area contributed by atoms with Crippen molar-refractivity contribution in [3.05, 3.63) is 33.9 Å². The van der Waals surface area contributed by atoms with Crippen LogP contribution in [-0.2, 0) is 0 Å². The van der Waals surface area contributed by atoms with Gasteiger partial charge in [0.1, 0.15) is 0 Å². The molecule has 0 aromatic heterocycles. The van der Waals surface area contributed by atoms with Gasteiger partial charge >= 0.3 is 0 Å². The lowest BCUT2D eigenvalue weighted by Crippen LogP contribution is -2.38. The smallest absolute Gasteiger partial charge is 0.0379 e. The molecule has 1 N–H and O–H groups in total. The Morgan fingerprint density at radius 3 is 2.00 bits per heavy atom. The third kappa shape index (κ3) is 3.18. The van der Waals surface area contributed by atoms with Gasteiger partial charge in [0.15, 0.2) is 0 Å². The highest BCUT2D eigenvalue weighted by Gasteiger charge is 2.37. The second-order valence-electron chi connectivity index (χ2n) is 7.38. The quantitative estimate of drug-likeness (QED) is 0.766. The first-order valence-electron chi connectivity index (χ1n) is 8.71. The van der Waals surface area contributed by atoms with Crippen molar-refractivity contribution in [2.24, 2.45) is 5.41 Å². The summed E-state index contributed by atoms with van der Waals surface area (Å²) in [4.78, 5) is 0. The Bertz CT molecular complexity index is 469. The fraction of sp³-hybridized carbons (Fsp3) is 0.700. The summed E-state index contributed by atoms with van der Waals surface area (Å²) >= 11 is 0. The molecule has 0 spiro atoms. The number of nitrogens with one attached hydrogen (secondary N) is 1. The lowest BCUT2D eigenvalue weighted by Gasteiger charge is -2.43. The van der Waals surface area contributed by atoms with Crippen molar-refractivity contribution in [3.63, 3.8) is 0 Å². The van der Waals surface area contributed by atoms with Gasteiger partial charge in [-0.3, -0.25) is 0 Å². The van der Waals surface area contributed by atoms with Gasteiger partial charge in [-0.05, 0) is 80.3 Å². The maximum Gasteiger partial charge on any atom is 0.0379 e. The van der Waals surface area contributed by atoms with Gasteiger partial charge in [0.05, 0.1) is 0 Å². The van der Waals surface area contributed by atoms with Gasteiger partial charge in [0, 0.05) is 6.04 Å². The summed E-state index contributed by atoms with van der Waals surface area (Å²) in [6, 6.07) is 2.85. The predicted molar refractivity (Wildman–Crippen MR) is 93.0 cm³/mol. The second kappa shape index (κ2) is 6.52. The van der Waals surface area contributed by atoms with E-state index < -0.39 is 0 Å². The summed E-state index contributed by atoms with van der Waals surface area (Å²) in [5.74, 6) is 0. The molecule has 1 saturated carbocycles. The van der Waals surface area contributed by atoms with E-state index in [0.717, 1.165) is 6.54 Å². The molecule has 2 rings (SSSR count). The SMILES string of the molecule is CCNC(c1c(C)c(C)cc(C)c1C)C1(C)CCCCC1. The third-order valence-electron chi connectivity index (χ3n) is 5.81. The molecule has 1 aromatic rings. The van der Waals surface area contributed by atoms with Crippen LogP contribution in [0.5, 0.6) is 0 Å². The minimum atomic E-state index is 0.407. The van der Waals surface area contributed by atoms with Gasteiger partial charge in [-0.25, -0.2) is 0 Å². The monoisotopic (exact) mass is 287 g/mol. The van der Waals surface area contributed by atoms with E-state index in [0.29, 0.717) is 11.5 Å². The third-order valence-corrected chi connectivity index (χ3v) is 5.81. The molecular formula is C20H33N. The molecule has 0 saturated heterocycles. The maximum absolute atomic E-state index is 3.85. The average molecular weight is 287 g/mol. The lowest BCUT2D eigenvalue weighted by molar-refractivity contribution is 0.145. The molecule has 1 atom stereocenters. The summed E-state index contributed by atoms with van der Waals surface area (Å²) in [6.45, 7) is 14.9. The van der Waals surface area contributed by atoms with E-state index in [1.165, 1.54) is 54.4 Å². The van der Waals surface area contributed by atoms with Gasteiger partial charge < -0.3 is 5.32 Å². The first kappa shape index (κ1) is 16.5. The fourth-order valence-electron chi connectivity index (χ4n) is 4.23. The van der Waals surface area contributed by atoms with E-state index in [-0.39, 0.29) is 0 Å². The maximum atomic E-state index is 3.85. The number of benzene rings is 1. The first-order chi connectivity index (χ1) is 9.90. The van der Waals surface area contributed by atoms with Crippen LogP contribution in [0.4, 0.5) is 0 Å². The molecule has 1 aromatic carbocycles. The fourth-order valence-corrected chi connectivity index (χ4v) is 4.23. The zero-order valence-electron chi connectivity index (χ0n) is 14.9. The Labute approximate surface area is 131 Å². The van der Waals surface area contributed by atoms with Crippen molar-refractivity contribution in [3.8, 4) is 0 Å². The number of hydrogen-bond donors (Lipinski definition) is 1. The van der Waals surface area contributed by atoms with Gasteiger partial charge in [0.2, 0.25) is 0 Å². The molecule has 0 radical (unpaired) electrons. The van der Waals surface area contributed by atoms with E-state index in [9.17, 15) is 0 Å². The summed E-state index contributed by atoms with van der Waals surface area (Å²) in [7, 11) is 0. The van der Waals surface area contributed by atoms with Gasteiger partial charge in [-0.1, -0.05) is 39.2 Å². The van der Waals surface area contributed by atoms with Gasteiger partial charge in [-0.2, -0.15) is 0 Å². The first-order valence-corrected chi connectivity index (χ1v) is 8.71. The summed E-state index contributed by atoms with van der Waals surface area (Å²) in [5.41, 5.74) is 7.86. The molecule has 1 heteroatoms. The predicted octanol–water partition coefficient (Wildman–Crippen LogP) is 5.54. The molecule has 118 valence electrons. The topological polar surface area (TPSA) is 12.0 Å². The van der Waals surface area contributed by atoms with Crippen LogP contribution in [0.25, 0.3) is 0 Å². The van der Waals surface area contributed by atoms with Gasteiger partial charge in [0.25, 0.3) is 0 Å². The Morgan fingerprint density at radius 2 is 1.52 bits per heavy atom. The van der Waals surface area contributed by atoms with Crippen molar-refractivity contribution in [2.45, 2.75) is 79.7 Å². The van der Waals surface area contributed by atoms with Crippen LogP contribution in [0, 0.1) is 33.1 Å². The van der Waals surface area contributed by atoms with E-state index >= 15 is 0 Å². The Kier molecular flexibility index (Phi) is 5.14. The van der Waals surface area contributed by atoms with Crippen LogP contribution < -0.4 is 5.32 Å². The minimum absolute atomic E-state index is 0.407. The molecule has 0 heterocycles. The largest absolute Gasteiger partial charge is 0.310 e. The summed E-state index contributed by atoms with van der Waals surface area (Å²) in [6.07, 6.45) is 6.91. The zero-order chi connectivity index (χ0) is 15.6. The van der Waals surface area contributed by atoms with Crippen molar-refractivity contribution >= 4 is 0 Å². The molecule has 1 unspecified atom stereocenters. The Hall–Kier alpha value is -0.820. The number of aryl methyl sites for hydroxylation is 2. The van der Waals surface area contributed by atoms with Crippen molar-refractivity contribution in [1.29, 1.82) is 0 Å². The molecule has 1 aliphatic carbocycles. The molecule has 1 aliphatic rings. The highest BCUT2D eigenvalue weighted by Crippen LogP contribution is 2.47. The lowest BCUT2D eigenvalue weighted by atomic mass is 9.67. The Balaban J connectivity index is 2.52. The molecule has 1 nitrogen and oxygen atoms in total. The van der Waals surface area contributed by atoms with Crippen LogP contribution in [0.3, 0.4) is 0 Å². The minimum Gasteiger partial charge on any atom is -0.310 e. The molecular weight excluding hydrogens is 254 g/mol. The van der Waals surface area contributed by atoms with Crippen LogP contribution in [-0.4, -0.2) is 6.54 Å². The second-order valence-corrected chi connectivity index (χ2v) is 7.38. The van der Waals surface area contributed by atoms with Crippen molar-refractivity contribution in [1.82, 2.24) is 5.32 Å². The van der Waals surface area contributed by atoms with E-state index in [1.54, 1.807) is 5.56 Å². The van der Waals surface area contributed by atoms with Crippen LogP contribution in [0.1, 0.15) is 79.8 Å². The standard InChI is InChI=1S/C20H33N/c1-7-21-19(20(6)11-9-8-10-12-20)18-16(4)14(2)13-15(3)17(18)5/h13,19,21H,7-12H2,1-6H3. The van der Waals surface area contributed by atoms with Crippen LogP contribution in [0.15, 0.2) is 6.07 Å². The molecule has 21 heavy (non-hydrogen) atoms. The van der Waals surface area contributed by atoms with E-state index in [4.69, 9.17) is 0 Å². The van der Waals surface area contributed by atoms with Crippen molar-refractivity contribution < 1.29 is 0 Å². The van der Waals surface area contributed by atoms with E-state index in [1.807, 2.05) is 0 Å². The molecule has 0 bridgehead atoms. The zero-order valence-corrected chi connectivity index (χ0v) is 14.9. The number of hydrogen-bond acceptors (Lipinski definition) is 1. The van der Waals surface area contributed by atoms with Crippen molar-refractivity contribution in [2.75, 3.05) is 6.54 Å². The van der Waals surface area contributed by atoms with E-state index in [2.05, 4.69) is 52.9 Å². The molecule has 0 amide bonds. The molecule has 1 fully saturated rings.